The van der Waals surface area contributed by atoms with Crippen molar-refractivity contribution in [3.8, 4) is 0 Å². The van der Waals surface area contributed by atoms with Crippen LogP contribution in [0.4, 0.5) is 11.5 Å². The third-order valence-corrected chi connectivity index (χ3v) is 5.45. The molecule has 0 spiro atoms. The number of hydrogen-bond donors (Lipinski definition) is 2. The van der Waals surface area contributed by atoms with Crippen LogP contribution in [-0.4, -0.2) is 36.8 Å². The number of anilines is 2. The van der Waals surface area contributed by atoms with Gasteiger partial charge in [0.25, 0.3) is 15.6 Å². The van der Waals surface area contributed by atoms with Gasteiger partial charge >= 0.3 is 5.69 Å². The standard InChI is InChI=1S/C14H18N4O4S.CH4O/c1-9-5-7-10(8-6-9)23(21,22)18(4)11-12(15)16(2)14(20)17(3)13(11)19;1-2/h5-8H,15H2,1-4H3;2H,1H3. The van der Waals surface area contributed by atoms with Gasteiger partial charge < -0.3 is 10.8 Å². The Hall–Kier alpha value is -2.59. The molecular formula is C15H22N4O5S. The number of aliphatic hydroxyl groups excluding tert-OH is 1. The minimum absolute atomic E-state index is 0.0286. The first-order valence-electron chi connectivity index (χ1n) is 7.15. The van der Waals surface area contributed by atoms with Gasteiger partial charge in [-0.3, -0.25) is 18.2 Å². The van der Waals surface area contributed by atoms with Crippen LogP contribution in [0.15, 0.2) is 38.8 Å². The summed E-state index contributed by atoms with van der Waals surface area (Å²) in [7, 11) is 0.885. The van der Waals surface area contributed by atoms with Crippen molar-refractivity contribution in [2.45, 2.75) is 11.8 Å². The summed E-state index contributed by atoms with van der Waals surface area (Å²) in [5.41, 5.74) is 5.03. The molecule has 1 aromatic heterocycles. The maximum absolute atomic E-state index is 12.7. The lowest BCUT2D eigenvalue weighted by Gasteiger charge is -2.22. The largest absolute Gasteiger partial charge is 0.400 e. The Morgan fingerprint density at radius 3 is 2.00 bits per heavy atom. The van der Waals surface area contributed by atoms with Gasteiger partial charge in [0.1, 0.15) is 5.82 Å². The summed E-state index contributed by atoms with van der Waals surface area (Å²) in [6, 6.07) is 6.21. The van der Waals surface area contributed by atoms with Gasteiger partial charge in [-0.05, 0) is 19.1 Å². The van der Waals surface area contributed by atoms with Crippen LogP contribution < -0.4 is 21.3 Å². The molecule has 0 saturated heterocycles. The lowest BCUT2D eigenvalue weighted by Crippen LogP contribution is -2.43. The summed E-state index contributed by atoms with van der Waals surface area (Å²) in [5.74, 6) is -0.212. The normalized spacial score (nSPS) is 10.8. The quantitative estimate of drug-likeness (QED) is 0.743. The zero-order valence-corrected chi connectivity index (χ0v) is 15.5. The predicted molar refractivity (Wildman–Crippen MR) is 96.2 cm³/mol. The number of aryl methyl sites for hydroxylation is 1. The van der Waals surface area contributed by atoms with E-state index in [0.717, 1.165) is 26.1 Å². The second-order valence-electron chi connectivity index (χ2n) is 5.23. The number of aromatic nitrogens is 2. The van der Waals surface area contributed by atoms with Crippen LogP contribution in [-0.2, 0) is 24.1 Å². The van der Waals surface area contributed by atoms with Crippen molar-refractivity contribution in [3.05, 3.63) is 50.7 Å². The Labute approximate surface area is 145 Å². The molecule has 138 valence electrons. The van der Waals surface area contributed by atoms with E-state index in [2.05, 4.69) is 0 Å². The van der Waals surface area contributed by atoms with E-state index in [4.69, 9.17) is 10.8 Å². The van der Waals surface area contributed by atoms with Crippen LogP contribution in [0.1, 0.15) is 5.56 Å². The van der Waals surface area contributed by atoms with Gasteiger partial charge in [-0.1, -0.05) is 17.7 Å². The first kappa shape index (κ1) is 20.5. The number of aliphatic hydroxyl groups is 1. The van der Waals surface area contributed by atoms with Gasteiger partial charge in [0.15, 0.2) is 5.69 Å². The average molecular weight is 370 g/mol. The Morgan fingerprint density at radius 2 is 1.52 bits per heavy atom. The molecule has 0 fully saturated rings. The number of nitrogens with two attached hydrogens (primary N) is 1. The molecule has 1 aromatic carbocycles. The molecule has 1 heterocycles. The van der Waals surface area contributed by atoms with E-state index in [9.17, 15) is 18.0 Å². The predicted octanol–water partition coefficient (Wildman–Crippen LogP) is -0.592. The molecule has 0 radical (unpaired) electrons. The van der Waals surface area contributed by atoms with Gasteiger partial charge in [-0.25, -0.2) is 13.2 Å². The average Bonchev–Trinajstić information content (AvgIpc) is 2.60. The highest BCUT2D eigenvalue weighted by Gasteiger charge is 2.27. The van der Waals surface area contributed by atoms with Crippen molar-refractivity contribution in [2.75, 3.05) is 24.2 Å². The zero-order chi connectivity index (χ0) is 19.5. The lowest BCUT2D eigenvalue weighted by atomic mass is 10.2. The molecular weight excluding hydrogens is 348 g/mol. The smallest absolute Gasteiger partial charge is 0.332 e. The Bertz CT molecular complexity index is 975. The third kappa shape index (κ3) is 3.59. The fourth-order valence-electron chi connectivity index (χ4n) is 2.13. The van der Waals surface area contributed by atoms with Crippen LogP contribution in [0.2, 0.25) is 0 Å². The zero-order valence-electron chi connectivity index (χ0n) is 14.7. The van der Waals surface area contributed by atoms with E-state index in [0.29, 0.717) is 0 Å². The lowest BCUT2D eigenvalue weighted by molar-refractivity contribution is 0.399. The molecule has 0 saturated carbocycles. The third-order valence-electron chi connectivity index (χ3n) is 3.68. The van der Waals surface area contributed by atoms with E-state index in [1.165, 1.54) is 33.3 Å². The second kappa shape index (κ2) is 7.53. The number of hydrogen-bond acceptors (Lipinski definition) is 6. The van der Waals surface area contributed by atoms with Crippen molar-refractivity contribution in [2.24, 2.45) is 14.1 Å². The van der Waals surface area contributed by atoms with Crippen molar-refractivity contribution in [1.29, 1.82) is 0 Å². The summed E-state index contributed by atoms with van der Waals surface area (Å²) in [6.07, 6.45) is 0. The minimum Gasteiger partial charge on any atom is -0.400 e. The summed E-state index contributed by atoms with van der Waals surface area (Å²) in [4.78, 5) is 24.1. The van der Waals surface area contributed by atoms with Gasteiger partial charge in [0, 0.05) is 28.3 Å². The van der Waals surface area contributed by atoms with Crippen molar-refractivity contribution >= 4 is 21.5 Å². The van der Waals surface area contributed by atoms with Crippen LogP contribution in [0, 0.1) is 6.92 Å². The molecule has 2 rings (SSSR count). The van der Waals surface area contributed by atoms with Crippen LogP contribution >= 0.6 is 0 Å². The monoisotopic (exact) mass is 370 g/mol. The molecule has 0 unspecified atom stereocenters. The number of nitrogens with zero attached hydrogens (tertiary/aromatic N) is 3. The minimum atomic E-state index is -3.98. The number of nitrogen functional groups attached to an aromatic ring is 1. The van der Waals surface area contributed by atoms with Crippen LogP contribution in [0.25, 0.3) is 0 Å². The van der Waals surface area contributed by atoms with E-state index in [1.54, 1.807) is 12.1 Å². The van der Waals surface area contributed by atoms with Gasteiger partial charge in [-0.15, -0.1) is 0 Å². The Morgan fingerprint density at radius 1 is 1.04 bits per heavy atom. The van der Waals surface area contributed by atoms with E-state index >= 15 is 0 Å². The van der Waals surface area contributed by atoms with E-state index in [-0.39, 0.29) is 16.4 Å². The maximum Gasteiger partial charge on any atom is 0.332 e. The number of rotatable bonds is 3. The van der Waals surface area contributed by atoms with Crippen LogP contribution in [0.3, 0.4) is 0 Å². The maximum atomic E-state index is 12.7. The van der Waals surface area contributed by atoms with Gasteiger partial charge in [-0.2, -0.15) is 0 Å². The molecule has 9 nitrogen and oxygen atoms in total. The molecule has 3 N–H and O–H groups in total. The Balaban J connectivity index is 0.00000151. The molecule has 0 atom stereocenters. The molecule has 25 heavy (non-hydrogen) atoms. The molecule has 0 bridgehead atoms. The molecule has 0 amide bonds. The summed E-state index contributed by atoms with van der Waals surface area (Å²) in [6.45, 7) is 1.83. The molecule has 0 aliphatic rings. The second-order valence-corrected chi connectivity index (χ2v) is 7.19. The van der Waals surface area contributed by atoms with E-state index < -0.39 is 21.3 Å². The number of sulfonamides is 1. The van der Waals surface area contributed by atoms with Crippen molar-refractivity contribution < 1.29 is 13.5 Å². The summed E-state index contributed by atoms with van der Waals surface area (Å²) < 4.78 is 28.0. The topological polar surface area (TPSA) is 128 Å². The highest BCUT2D eigenvalue weighted by molar-refractivity contribution is 7.92. The highest BCUT2D eigenvalue weighted by atomic mass is 32.2. The summed E-state index contributed by atoms with van der Waals surface area (Å²) in [5, 5.41) is 7.00. The van der Waals surface area contributed by atoms with Crippen molar-refractivity contribution in [1.82, 2.24) is 9.13 Å². The summed E-state index contributed by atoms with van der Waals surface area (Å²) >= 11 is 0. The van der Waals surface area contributed by atoms with E-state index in [1.807, 2.05) is 6.92 Å². The van der Waals surface area contributed by atoms with Crippen molar-refractivity contribution in [3.63, 3.8) is 0 Å². The molecule has 0 aliphatic carbocycles. The Kier molecular flexibility index (Phi) is 6.16. The number of benzene rings is 1. The molecule has 2 aromatic rings. The first-order chi connectivity index (χ1) is 11.6. The van der Waals surface area contributed by atoms with Gasteiger partial charge in [0.2, 0.25) is 0 Å². The highest BCUT2D eigenvalue weighted by Crippen LogP contribution is 2.23. The first-order valence-corrected chi connectivity index (χ1v) is 8.59. The van der Waals surface area contributed by atoms with Crippen LogP contribution in [0.5, 0.6) is 0 Å². The SMILES string of the molecule is CO.Cc1ccc(S(=O)(=O)N(C)c2c(N)n(C)c(=O)n(C)c2=O)cc1. The molecule has 0 aliphatic heterocycles. The fraction of sp³-hybridized carbons (Fsp3) is 0.333. The molecule has 10 heteroatoms. The van der Waals surface area contributed by atoms with Gasteiger partial charge in [0.05, 0.1) is 4.90 Å². The fourth-order valence-corrected chi connectivity index (χ4v) is 3.33.